The van der Waals surface area contributed by atoms with E-state index >= 15 is 0 Å². The first kappa shape index (κ1) is 44.0. The van der Waals surface area contributed by atoms with Crippen LogP contribution < -0.4 is 0 Å². The molecular weight excluding hydrogens is 480 g/mol. The Balaban J connectivity index is -0.000000112. The minimum absolute atomic E-state index is 0. The number of aliphatic hydroxyl groups is 2. The van der Waals surface area contributed by atoms with Gasteiger partial charge in [0.25, 0.3) is 0 Å². The fourth-order valence-electron chi connectivity index (χ4n) is 4.00. The summed E-state index contributed by atoms with van der Waals surface area (Å²) in [5, 5.41) is 16.3. The molecule has 0 heterocycles. The smallest absolute Gasteiger partial charge is 0.196 e. The van der Waals surface area contributed by atoms with Crippen LogP contribution in [0.2, 0.25) is 33.2 Å². The maximum atomic E-state index is 10.4. The Morgan fingerprint density at radius 3 is 0.485 bits per heavy atom. The van der Waals surface area contributed by atoms with Gasteiger partial charge in [-0.1, -0.05) is 111 Å². The Bertz CT molecular complexity index is 332. The van der Waals surface area contributed by atoms with Crippen LogP contribution in [-0.4, -0.2) is 49.7 Å². The summed E-state index contributed by atoms with van der Waals surface area (Å²) in [7, 11) is -3.96. The molecule has 0 aliphatic heterocycles. The molecule has 0 saturated heterocycles. The third-order valence-electron chi connectivity index (χ3n) is 6.28. The zero-order valence-corrected chi connectivity index (χ0v) is 28.9. The fourth-order valence-corrected chi connectivity index (χ4v) is 12.0. The fraction of sp³-hybridized carbons (Fsp3) is 1.00. The van der Waals surface area contributed by atoms with Gasteiger partial charge in [0.05, 0.1) is 0 Å². The van der Waals surface area contributed by atoms with Crippen molar-refractivity contribution in [1.29, 1.82) is 0 Å². The first-order chi connectivity index (χ1) is 14.2. The standard InChI is InChI=1S/2C9H22OSi.2C4H10O.Ti/c2*1-7(2)11(10,8(3)4)9(5)6;2*1-4(2)3-5;/h2*7-10H,1-6H3;2*4-5H,3H2,1-2H3;. The average molecular weight is 545 g/mol. The second-order valence-electron chi connectivity index (χ2n) is 11.9. The topological polar surface area (TPSA) is 80.9 Å². The molecule has 7 heteroatoms. The molecule has 4 N–H and O–H groups in total. The van der Waals surface area contributed by atoms with Crippen LogP contribution in [0.5, 0.6) is 0 Å². The molecule has 0 unspecified atom stereocenters. The Labute approximate surface area is 226 Å². The van der Waals surface area contributed by atoms with Crippen molar-refractivity contribution in [2.75, 3.05) is 13.2 Å². The monoisotopic (exact) mass is 544 g/mol. The maximum absolute atomic E-state index is 10.4. The van der Waals surface area contributed by atoms with Crippen LogP contribution in [0.1, 0.15) is 111 Å². The number of hydrogen-bond acceptors (Lipinski definition) is 4. The Kier molecular flexibility index (Phi) is 29.6. The molecule has 0 atom stereocenters. The van der Waals surface area contributed by atoms with E-state index in [4.69, 9.17) is 10.2 Å². The van der Waals surface area contributed by atoms with Gasteiger partial charge in [-0.2, -0.15) is 0 Å². The molecule has 204 valence electrons. The van der Waals surface area contributed by atoms with Crippen LogP contribution in [0.3, 0.4) is 0 Å². The van der Waals surface area contributed by atoms with Crippen LogP contribution in [0.4, 0.5) is 0 Å². The van der Waals surface area contributed by atoms with Crippen LogP contribution in [0, 0.1) is 11.8 Å². The molecule has 0 bridgehead atoms. The van der Waals surface area contributed by atoms with Crippen molar-refractivity contribution in [3.63, 3.8) is 0 Å². The van der Waals surface area contributed by atoms with Gasteiger partial charge in [-0.05, 0) is 45.1 Å². The summed E-state index contributed by atoms with van der Waals surface area (Å²) in [6.07, 6.45) is 0. The van der Waals surface area contributed by atoms with Gasteiger partial charge in [-0.15, -0.1) is 0 Å². The summed E-state index contributed by atoms with van der Waals surface area (Å²) in [6.45, 7) is 34.2. The van der Waals surface area contributed by atoms with Crippen LogP contribution in [0.25, 0.3) is 0 Å². The molecule has 0 aliphatic rings. The van der Waals surface area contributed by atoms with Crippen molar-refractivity contribution < 1.29 is 41.5 Å². The van der Waals surface area contributed by atoms with E-state index in [1.54, 1.807) is 0 Å². The Hall–Kier alpha value is 0.988. The largest absolute Gasteiger partial charge is 0.431 e. The van der Waals surface area contributed by atoms with E-state index in [0.29, 0.717) is 58.3 Å². The zero-order chi connectivity index (χ0) is 27.0. The normalized spacial score (nSPS) is 12.0. The third kappa shape index (κ3) is 18.9. The molecule has 0 saturated carbocycles. The van der Waals surface area contributed by atoms with Crippen molar-refractivity contribution in [3.05, 3.63) is 0 Å². The summed E-state index contributed by atoms with van der Waals surface area (Å²) in [6, 6.07) is 0. The summed E-state index contributed by atoms with van der Waals surface area (Å²) in [5.74, 6) is 0.880. The first-order valence-electron chi connectivity index (χ1n) is 12.9. The van der Waals surface area contributed by atoms with E-state index in [0.717, 1.165) is 0 Å². The molecule has 0 aromatic carbocycles. The van der Waals surface area contributed by atoms with Gasteiger partial charge in [-0.3, -0.25) is 0 Å². The summed E-state index contributed by atoms with van der Waals surface area (Å²) < 4.78 is 0. The van der Waals surface area contributed by atoms with E-state index in [-0.39, 0.29) is 21.7 Å². The van der Waals surface area contributed by atoms with Crippen molar-refractivity contribution >= 4 is 16.6 Å². The van der Waals surface area contributed by atoms with Gasteiger partial charge >= 0.3 is 0 Å². The van der Waals surface area contributed by atoms with Gasteiger partial charge in [0, 0.05) is 34.9 Å². The van der Waals surface area contributed by atoms with Crippen LogP contribution in [0.15, 0.2) is 0 Å². The molecule has 4 nitrogen and oxygen atoms in total. The summed E-state index contributed by atoms with van der Waals surface area (Å²) in [4.78, 5) is 20.8. The van der Waals surface area contributed by atoms with E-state index < -0.39 is 16.6 Å². The van der Waals surface area contributed by atoms with Crippen molar-refractivity contribution in [3.8, 4) is 0 Å². The molecule has 0 amide bonds. The van der Waals surface area contributed by atoms with Crippen molar-refractivity contribution in [2.45, 2.75) is 144 Å². The van der Waals surface area contributed by atoms with Crippen molar-refractivity contribution in [1.82, 2.24) is 0 Å². The summed E-state index contributed by atoms with van der Waals surface area (Å²) in [5.41, 5.74) is 2.85. The molecule has 0 spiro atoms. The van der Waals surface area contributed by atoms with E-state index in [1.807, 2.05) is 27.7 Å². The third-order valence-corrected chi connectivity index (χ3v) is 17.4. The number of rotatable bonds is 8. The predicted molar refractivity (Wildman–Crippen MR) is 150 cm³/mol. The van der Waals surface area contributed by atoms with Crippen LogP contribution >= 0.6 is 0 Å². The van der Waals surface area contributed by atoms with Crippen molar-refractivity contribution in [2.24, 2.45) is 11.8 Å². The Morgan fingerprint density at radius 2 is 0.485 bits per heavy atom. The van der Waals surface area contributed by atoms with Gasteiger partial charge in [-0.25, -0.2) is 0 Å². The van der Waals surface area contributed by atoms with Gasteiger partial charge in [0.1, 0.15) is 0 Å². The summed E-state index contributed by atoms with van der Waals surface area (Å²) >= 11 is 0. The maximum Gasteiger partial charge on any atom is 0.196 e. The molecule has 0 aliphatic carbocycles. The second-order valence-corrected chi connectivity index (χ2v) is 22.3. The molecule has 0 aromatic heterocycles. The Morgan fingerprint density at radius 1 is 0.394 bits per heavy atom. The predicted octanol–water partition coefficient (Wildman–Crippen LogP) is 7.58. The molecule has 0 radical (unpaired) electrons. The quantitative estimate of drug-likeness (QED) is 0.238. The minimum Gasteiger partial charge on any atom is -0.431 e. The van der Waals surface area contributed by atoms with E-state index in [2.05, 4.69) is 83.1 Å². The average Bonchev–Trinajstić information content (AvgIpc) is 2.66. The van der Waals surface area contributed by atoms with Crippen LogP contribution in [-0.2, 0) is 21.7 Å². The molecule has 0 fully saturated rings. The van der Waals surface area contributed by atoms with Gasteiger partial charge in [0.15, 0.2) is 16.6 Å². The molecule has 0 aromatic rings. The molecule has 33 heavy (non-hydrogen) atoms. The number of aliphatic hydroxyl groups excluding tert-OH is 2. The molecule has 0 rings (SSSR count). The minimum atomic E-state index is -1.98. The SMILES string of the molecule is CC(C)CO.CC(C)CO.CC(C)[Si](O)(C(C)C)C(C)C.CC(C)[Si](O)(C(C)C)C(C)C.[Ti]. The number of hydrogen-bond donors (Lipinski definition) is 4. The van der Waals surface area contributed by atoms with Gasteiger partial charge in [0.2, 0.25) is 0 Å². The zero-order valence-electron chi connectivity index (χ0n) is 25.3. The van der Waals surface area contributed by atoms with Gasteiger partial charge < -0.3 is 19.8 Å². The van der Waals surface area contributed by atoms with E-state index in [1.165, 1.54) is 0 Å². The first-order valence-corrected chi connectivity index (χ1v) is 17.2. The van der Waals surface area contributed by atoms with E-state index in [9.17, 15) is 9.59 Å². The second kappa shape index (κ2) is 22.2. The molecular formula is C26H64O4Si2Ti.